The predicted molar refractivity (Wildman–Crippen MR) is 306 cm³/mol. The number of rotatable bonds is 18. The minimum Gasteiger partial charge on any atom is -0.497 e. The van der Waals surface area contributed by atoms with Gasteiger partial charge in [0.2, 0.25) is 23.4 Å². The number of nitriles is 1. The molecule has 4 heterocycles. The zero-order valence-corrected chi connectivity index (χ0v) is 45.4. The van der Waals surface area contributed by atoms with Gasteiger partial charge in [0.15, 0.2) is 23.0 Å². The molecule has 4 amide bonds. The first-order valence-electron chi connectivity index (χ1n) is 25.9. The topological polar surface area (TPSA) is 213 Å². The van der Waals surface area contributed by atoms with Gasteiger partial charge in [-0.3, -0.25) is 29.0 Å². The third kappa shape index (κ3) is 13.1. The van der Waals surface area contributed by atoms with Crippen LogP contribution in [0, 0.1) is 17.9 Å². The van der Waals surface area contributed by atoms with E-state index in [2.05, 4.69) is 20.9 Å². The normalized spacial score (nSPS) is 14.4. The molecule has 2 aliphatic rings. The van der Waals surface area contributed by atoms with Gasteiger partial charge >= 0.3 is 0 Å². The van der Waals surface area contributed by atoms with Crippen molar-refractivity contribution in [2.75, 3.05) is 51.3 Å². The number of methoxy groups -OCH3 is 4. The number of carbonyl (C=O) groups excluding carboxylic acids is 4. The van der Waals surface area contributed by atoms with Gasteiger partial charge in [0.25, 0.3) is 5.91 Å². The monoisotopic (exact) mass is 1100 g/mol. The Labute approximate surface area is 474 Å². The third-order valence-electron chi connectivity index (χ3n) is 13.9. The highest BCUT2D eigenvalue weighted by Gasteiger charge is 2.35. The Morgan fingerprint density at radius 2 is 1.07 bits per heavy atom. The second kappa shape index (κ2) is 25.8. The number of hydrogen-bond donors (Lipinski definition) is 1. The minimum absolute atomic E-state index is 0.0998. The van der Waals surface area contributed by atoms with Gasteiger partial charge in [-0.15, -0.1) is 0 Å². The number of anilines is 2. The molecule has 0 unspecified atom stereocenters. The molecule has 18 nitrogen and oxygen atoms in total. The molecule has 10 rings (SSSR count). The van der Waals surface area contributed by atoms with Crippen LogP contribution in [-0.4, -0.2) is 80.0 Å². The van der Waals surface area contributed by atoms with Crippen molar-refractivity contribution in [2.24, 2.45) is 5.73 Å². The molecule has 2 saturated heterocycles. The average Bonchev–Trinajstić information content (AvgIpc) is 4.28. The van der Waals surface area contributed by atoms with E-state index in [9.17, 15) is 24.4 Å². The molecule has 6 aromatic carbocycles. The highest BCUT2D eigenvalue weighted by molar-refractivity contribution is 5.99. The summed E-state index contributed by atoms with van der Waals surface area (Å²) in [5.41, 5.74) is 10.5. The van der Waals surface area contributed by atoms with Crippen molar-refractivity contribution in [2.45, 2.75) is 37.8 Å². The summed E-state index contributed by atoms with van der Waals surface area (Å²) in [6, 6.07) is 48.7. The van der Waals surface area contributed by atoms with Crippen LogP contribution in [0.1, 0.15) is 73.2 Å². The van der Waals surface area contributed by atoms with E-state index in [4.69, 9.17) is 40.7 Å². The summed E-state index contributed by atoms with van der Waals surface area (Å²) < 4.78 is 33.7. The van der Waals surface area contributed by atoms with E-state index in [1.54, 1.807) is 115 Å². The van der Waals surface area contributed by atoms with Gasteiger partial charge in [-0.05, 0) is 113 Å². The zero-order chi connectivity index (χ0) is 57.7. The lowest BCUT2D eigenvalue weighted by Gasteiger charge is -2.24. The molecule has 2 fully saturated rings. The van der Waals surface area contributed by atoms with Crippen molar-refractivity contribution in [3.8, 4) is 52.1 Å². The Bertz CT molecular complexity index is 3680. The Hall–Kier alpha value is -10.7. The average molecular weight is 1100 g/mol. The van der Waals surface area contributed by atoms with Crippen molar-refractivity contribution in [1.82, 2.24) is 14.9 Å². The number of nitrogens with zero attached hydrogens (tertiary/aromatic N) is 7. The number of pyridine rings is 2. The Morgan fingerprint density at radius 3 is 1.56 bits per heavy atom. The summed E-state index contributed by atoms with van der Waals surface area (Å²) in [5, 5.41) is 9.33. The Morgan fingerprint density at radius 1 is 0.598 bits per heavy atom. The van der Waals surface area contributed by atoms with Gasteiger partial charge in [0.05, 0.1) is 40.6 Å². The van der Waals surface area contributed by atoms with E-state index in [0.29, 0.717) is 94.7 Å². The SMILES string of the molecule is COc1ccc([C@H]2CC(=O)N(c3cc(C(N)=O)ccn3)C2)cc1Oc1ccccc1C#N.[C-]#[N+]c1ccccc1Oc1cc([C@H]2CC(=O)N(c3cc(C(=O)N(Cc4ccc(OC)cc4)Cc4ccc(OC)cc4)ccn3)C2)ccc1OC. The standard InChI is InChI=1S/C40H36N4O6.C24H20N4O4/c1-41-34-7-5-6-8-35(34)50-37-21-29(13-18-36(37)49-4)31-23-39(45)44(26-31)38-22-30(19-20-42-38)40(46)43(24-27-9-14-32(47-2)15-10-27)25-28-11-16-33(48-3)17-12-28;1-31-20-7-6-15(10-21(20)32-19-5-3-2-4-17(19)13-25)18-12-23(29)28(14-18)22-11-16(24(26)30)8-9-27-22/h5-22,31H,23-26H2,2-4H3;2-11,18H,12,14H2,1H3,(H2,26,30)/t31-;18-/m00/s1. The maximum absolute atomic E-state index is 14.1. The van der Waals surface area contributed by atoms with Gasteiger partial charge in [-0.2, -0.15) is 5.26 Å². The third-order valence-corrected chi connectivity index (χ3v) is 13.9. The summed E-state index contributed by atoms with van der Waals surface area (Å²) in [5.74, 6) is 3.79. The molecule has 0 bridgehead atoms. The molecule has 0 spiro atoms. The van der Waals surface area contributed by atoms with E-state index < -0.39 is 5.91 Å². The largest absolute Gasteiger partial charge is 0.497 e. The van der Waals surface area contributed by atoms with Crippen molar-refractivity contribution in [1.29, 1.82) is 5.26 Å². The van der Waals surface area contributed by atoms with Crippen LogP contribution in [0.25, 0.3) is 4.85 Å². The summed E-state index contributed by atoms with van der Waals surface area (Å²) in [4.78, 5) is 68.9. The van der Waals surface area contributed by atoms with Crippen LogP contribution < -0.4 is 44.0 Å². The van der Waals surface area contributed by atoms with E-state index >= 15 is 0 Å². The quantitative estimate of drug-likeness (QED) is 0.0793. The number of ether oxygens (including phenoxy) is 6. The number of aromatic nitrogens is 2. The van der Waals surface area contributed by atoms with Crippen molar-refractivity contribution >= 4 is 41.0 Å². The Kier molecular flexibility index (Phi) is 17.6. The molecule has 2 N–H and O–H groups in total. The van der Waals surface area contributed by atoms with Crippen molar-refractivity contribution < 1.29 is 47.6 Å². The minimum atomic E-state index is -0.577. The van der Waals surface area contributed by atoms with Crippen LogP contribution >= 0.6 is 0 Å². The Balaban J connectivity index is 0.000000218. The predicted octanol–water partition coefficient (Wildman–Crippen LogP) is 11.2. The second-order valence-electron chi connectivity index (χ2n) is 19.1. The zero-order valence-electron chi connectivity index (χ0n) is 45.4. The fourth-order valence-corrected chi connectivity index (χ4v) is 9.58. The first-order valence-corrected chi connectivity index (χ1v) is 25.9. The molecule has 2 atom stereocenters. The number of hydrogen-bond acceptors (Lipinski definition) is 13. The number of carbonyl (C=O) groups is 4. The molecule has 82 heavy (non-hydrogen) atoms. The lowest BCUT2D eigenvalue weighted by Crippen LogP contribution is -2.31. The van der Waals surface area contributed by atoms with E-state index in [0.717, 1.165) is 33.8 Å². The van der Waals surface area contributed by atoms with E-state index in [-0.39, 0.29) is 42.4 Å². The molecule has 412 valence electrons. The fourth-order valence-electron chi connectivity index (χ4n) is 9.58. The molecular weight excluding hydrogens is 1040 g/mol. The molecule has 2 aromatic heterocycles. The first-order chi connectivity index (χ1) is 39.9. The van der Waals surface area contributed by atoms with Gasteiger partial charge < -0.3 is 39.1 Å². The lowest BCUT2D eigenvalue weighted by molar-refractivity contribution is -0.118. The number of nitrogens with two attached hydrogens (primary N) is 1. The molecule has 2 aliphatic heterocycles. The highest BCUT2D eigenvalue weighted by atomic mass is 16.5. The summed E-state index contributed by atoms with van der Waals surface area (Å²) in [6.07, 6.45) is 3.56. The molecule has 0 radical (unpaired) electrons. The van der Waals surface area contributed by atoms with Crippen LogP contribution in [0.4, 0.5) is 17.3 Å². The van der Waals surface area contributed by atoms with Gasteiger partial charge in [0, 0.05) is 74.4 Å². The van der Waals surface area contributed by atoms with Crippen molar-refractivity contribution in [3.05, 3.63) is 220 Å². The van der Waals surface area contributed by atoms with E-state index in [1.807, 2.05) is 72.8 Å². The lowest BCUT2D eigenvalue weighted by atomic mass is 9.98. The summed E-state index contributed by atoms with van der Waals surface area (Å²) in [6.45, 7) is 8.97. The molecular formula is C64H56N8O10. The summed E-state index contributed by atoms with van der Waals surface area (Å²) in [7, 11) is 6.32. The van der Waals surface area contributed by atoms with Crippen LogP contribution in [0.2, 0.25) is 0 Å². The second-order valence-corrected chi connectivity index (χ2v) is 19.1. The van der Waals surface area contributed by atoms with Crippen LogP contribution in [-0.2, 0) is 22.7 Å². The van der Waals surface area contributed by atoms with Gasteiger partial charge in [0.1, 0.15) is 40.7 Å². The van der Waals surface area contributed by atoms with Crippen molar-refractivity contribution in [3.63, 3.8) is 0 Å². The molecule has 18 heteroatoms. The van der Waals surface area contributed by atoms with E-state index in [1.165, 1.54) is 25.4 Å². The maximum Gasteiger partial charge on any atom is 0.254 e. The number of benzene rings is 6. The van der Waals surface area contributed by atoms with Gasteiger partial charge in [-0.25, -0.2) is 14.8 Å². The van der Waals surface area contributed by atoms with Gasteiger partial charge in [-0.1, -0.05) is 66.7 Å². The van der Waals surface area contributed by atoms with Crippen LogP contribution in [0.5, 0.6) is 46.0 Å². The maximum atomic E-state index is 14.1. The molecule has 8 aromatic rings. The number of para-hydroxylation sites is 3. The molecule has 0 saturated carbocycles. The molecule has 0 aliphatic carbocycles. The smallest absolute Gasteiger partial charge is 0.254 e. The fraction of sp³-hybridized carbons (Fsp3) is 0.188. The van der Waals surface area contributed by atoms with Crippen LogP contribution in [0.3, 0.4) is 0 Å². The van der Waals surface area contributed by atoms with Crippen LogP contribution in [0.15, 0.2) is 170 Å². The first kappa shape index (κ1) is 56.0. The highest BCUT2D eigenvalue weighted by Crippen LogP contribution is 2.42. The number of primary amides is 1. The number of amides is 4. The summed E-state index contributed by atoms with van der Waals surface area (Å²) >= 11 is 0.